The fourth-order valence-corrected chi connectivity index (χ4v) is 4.21. The third kappa shape index (κ3) is 5.92. The number of imide groups is 1. The number of rotatable bonds is 3. The molecule has 0 aliphatic carbocycles. The van der Waals surface area contributed by atoms with Crippen molar-refractivity contribution in [3.8, 4) is 12.3 Å². The fourth-order valence-electron chi connectivity index (χ4n) is 1.81. The van der Waals surface area contributed by atoms with Crippen molar-refractivity contribution < 1.29 is 14.3 Å². The van der Waals surface area contributed by atoms with Crippen molar-refractivity contribution in [3.05, 3.63) is 0 Å². The van der Waals surface area contributed by atoms with Crippen LogP contribution in [-0.2, 0) is 9.53 Å². The maximum absolute atomic E-state index is 12.4. The lowest BCUT2D eigenvalue weighted by Gasteiger charge is -2.41. The number of hydrogen-bond donors (Lipinski definition) is 1. The molecule has 0 fully saturated rings. The third-order valence-electron chi connectivity index (χ3n) is 4.07. The predicted octanol–water partition coefficient (Wildman–Crippen LogP) is 3.94. The van der Waals surface area contributed by atoms with E-state index in [9.17, 15) is 9.59 Å². The molecule has 0 aromatic carbocycles. The topological polar surface area (TPSA) is 55.4 Å². The first-order valence-electron chi connectivity index (χ1n) is 7.19. The van der Waals surface area contributed by atoms with E-state index >= 15 is 0 Å². The molecule has 2 amide bonds. The van der Waals surface area contributed by atoms with Gasteiger partial charge in [0.15, 0.2) is 0 Å². The number of carbonyl (C=O) groups is 2. The highest BCUT2D eigenvalue weighted by molar-refractivity contribution is 6.84. The fraction of sp³-hybridized carbons (Fsp3) is 0.750. The van der Waals surface area contributed by atoms with E-state index in [-0.39, 0.29) is 16.5 Å². The van der Waals surface area contributed by atoms with Gasteiger partial charge < -0.3 is 4.74 Å². The lowest BCUT2D eigenvalue weighted by molar-refractivity contribution is -0.120. The summed E-state index contributed by atoms with van der Waals surface area (Å²) >= 11 is 0. The zero-order valence-electron chi connectivity index (χ0n) is 14.6. The SMILES string of the molecule is C#CCC(C(=O)NC(=O)OC(C)(C)C)[Si](C)(C)C(C)(C)C. The second-order valence-electron chi connectivity index (χ2n) is 7.92. The van der Waals surface area contributed by atoms with Gasteiger partial charge in [-0.2, -0.15) is 0 Å². The summed E-state index contributed by atoms with van der Waals surface area (Å²) in [5, 5.41) is 2.34. The van der Waals surface area contributed by atoms with Gasteiger partial charge in [0.1, 0.15) is 5.60 Å². The maximum Gasteiger partial charge on any atom is 0.414 e. The van der Waals surface area contributed by atoms with Crippen LogP contribution in [0.2, 0.25) is 23.7 Å². The monoisotopic (exact) mass is 311 g/mol. The van der Waals surface area contributed by atoms with Crippen LogP contribution in [0.3, 0.4) is 0 Å². The maximum atomic E-state index is 12.4. The largest absolute Gasteiger partial charge is 0.444 e. The molecule has 1 atom stereocenters. The molecule has 0 saturated heterocycles. The highest BCUT2D eigenvalue weighted by Gasteiger charge is 2.45. The Morgan fingerprint density at radius 1 is 1.19 bits per heavy atom. The Hall–Kier alpha value is -1.28. The van der Waals surface area contributed by atoms with Gasteiger partial charge in [0.05, 0.1) is 8.07 Å². The van der Waals surface area contributed by atoms with Crippen LogP contribution in [0.5, 0.6) is 0 Å². The summed E-state index contributed by atoms with van der Waals surface area (Å²) in [7, 11) is -2.01. The van der Waals surface area contributed by atoms with Gasteiger partial charge in [-0.15, -0.1) is 12.3 Å². The van der Waals surface area contributed by atoms with E-state index in [1.165, 1.54) is 0 Å². The van der Waals surface area contributed by atoms with E-state index < -0.39 is 19.8 Å². The molecule has 0 spiro atoms. The van der Waals surface area contributed by atoms with Gasteiger partial charge in [0.25, 0.3) is 0 Å². The molecule has 0 aromatic heterocycles. The molecule has 0 rings (SSSR count). The summed E-state index contributed by atoms with van der Waals surface area (Å²) in [6.45, 7) is 15.9. The Labute approximate surface area is 130 Å². The quantitative estimate of drug-likeness (QED) is 0.634. The molecule has 4 nitrogen and oxygen atoms in total. The van der Waals surface area contributed by atoms with E-state index in [1.807, 2.05) is 0 Å². The molecule has 0 bridgehead atoms. The first-order chi connectivity index (χ1) is 9.22. The minimum atomic E-state index is -2.01. The number of carbonyl (C=O) groups excluding carboxylic acids is 2. The summed E-state index contributed by atoms with van der Waals surface area (Å²) in [6.07, 6.45) is 5.04. The summed E-state index contributed by atoms with van der Waals surface area (Å²) in [5.41, 5.74) is -0.960. The average molecular weight is 311 g/mol. The highest BCUT2D eigenvalue weighted by Crippen LogP contribution is 2.44. The molecule has 0 radical (unpaired) electrons. The molecule has 5 heteroatoms. The van der Waals surface area contributed by atoms with E-state index in [0.29, 0.717) is 6.42 Å². The molecule has 0 aliphatic heterocycles. The van der Waals surface area contributed by atoms with E-state index in [0.717, 1.165) is 0 Å². The van der Waals surface area contributed by atoms with Gasteiger partial charge >= 0.3 is 6.09 Å². The molecular weight excluding hydrogens is 282 g/mol. The molecule has 21 heavy (non-hydrogen) atoms. The Kier molecular flexibility index (Phi) is 6.25. The lowest BCUT2D eigenvalue weighted by Crippen LogP contribution is -2.50. The van der Waals surface area contributed by atoms with Gasteiger partial charge in [-0.1, -0.05) is 33.9 Å². The highest BCUT2D eigenvalue weighted by atomic mass is 28.3. The number of alkyl carbamates (subject to hydrolysis) is 1. The lowest BCUT2D eigenvalue weighted by atomic mass is 10.2. The van der Waals surface area contributed by atoms with Crippen LogP contribution < -0.4 is 5.32 Å². The molecule has 1 N–H and O–H groups in total. The van der Waals surface area contributed by atoms with E-state index in [2.05, 4.69) is 45.1 Å². The van der Waals surface area contributed by atoms with Crippen LogP contribution in [0.25, 0.3) is 0 Å². The van der Waals surface area contributed by atoms with Crippen molar-refractivity contribution in [1.82, 2.24) is 5.32 Å². The van der Waals surface area contributed by atoms with E-state index in [4.69, 9.17) is 11.2 Å². The van der Waals surface area contributed by atoms with Crippen LogP contribution in [0, 0.1) is 12.3 Å². The summed E-state index contributed by atoms with van der Waals surface area (Å²) in [4.78, 5) is 24.2. The number of nitrogens with one attached hydrogen (secondary N) is 1. The predicted molar refractivity (Wildman–Crippen MR) is 88.8 cm³/mol. The average Bonchev–Trinajstić information content (AvgIpc) is 2.20. The smallest absolute Gasteiger partial charge is 0.414 e. The van der Waals surface area contributed by atoms with Crippen LogP contribution >= 0.6 is 0 Å². The number of ether oxygens (including phenoxy) is 1. The number of terminal acetylenes is 1. The zero-order valence-corrected chi connectivity index (χ0v) is 15.6. The second-order valence-corrected chi connectivity index (χ2v) is 13.6. The van der Waals surface area contributed by atoms with Crippen LogP contribution in [0.1, 0.15) is 48.0 Å². The Balaban J connectivity index is 5.12. The Morgan fingerprint density at radius 2 is 1.67 bits per heavy atom. The number of hydrogen-bond acceptors (Lipinski definition) is 3. The van der Waals surface area contributed by atoms with Gasteiger partial charge in [-0.3, -0.25) is 10.1 Å². The van der Waals surface area contributed by atoms with Crippen molar-refractivity contribution in [2.45, 2.75) is 77.2 Å². The van der Waals surface area contributed by atoms with Crippen molar-refractivity contribution >= 4 is 20.1 Å². The minimum Gasteiger partial charge on any atom is -0.444 e. The Bertz CT molecular complexity index is 436. The molecule has 0 heterocycles. The molecule has 0 aromatic rings. The van der Waals surface area contributed by atoms with Crippen LogP contribution in [-0.4, -0.2) is 25.7 Å². The van der Waals surface area contributed by atoms with Crippen molar-refractivity contribution in [1.29, 1.82) is 0 Å². The first kappa shape index (κ1) is 19.7. The van der Waals surface area contributed by atoms with Gasteiger partial charge in [-0.05, 0) is 25.8 Å². The van der Waals surface area contributed by atoms with Crippen molar-refractivity contribution in [2.24, 2.45) is 0 Å². The molecule has 0 saturated carbocycles. The number of amides is 2. The van der Waals surface area contributed by atoms with Crippen LogP contribution in [0.4, 0.5) is 4.79 Å². The van der Waals surface area contributed by atoms with Gasteiger partial charge in [0, 0.05) is 12.0 Å². The molecule has 1 unspecified atom stereocenters. The van der Waals surface area contributed by atoms with Gasteiger partial charge in [-0.25, -0.2) is 4.79 Å². The second kappa shape index (κ2) is 6.65. The summed E-state index contributed by atoms with van der Waals surface area (Å²) in [6, 6.07) is 0. The molecule has 0 aliphatic rings. The summed E-state index contributed by atoms with van der Waals surface area (Å²) in [5.74, 6) is 2.24. The normalized spacial score (nSPS) is 14.0. The summed E-state index contributed by atoms with van der Waals surface area (Å²) < 4.78 is 5.13. The molecular formula is C16H29NO3Si. The van der Waals surface area contributed by atoms with Gasteiger partial charge in [0.2, 0.25) is 5.91 Å². The standard InChI is InChI=1S/C16H29NO3Si/c1-10-11-12(21(8,9)16(5,6)7)13(18)17-14(19)20-15(2,3)4/h1,12H,11H2,2-9H3,(H,17,18,19). The van der Waals surface area contributed by atoms with Crippen LogP contribution in [0.15, 0.2) is 0 Å². The third-order valence-corrected chi connectivity index (χ3v) is 10.1. The zero-order chi connectivity index (χ0) is 17.1. The minimum absolute atomic E-state index is 0.000210. The first-order valence-corrected chi connectivity index (χ1v) is 10.3. The van der Waals surface area contributed by atoms with Crippen molar-refractivity contribution in [2.75, 3.05) is 0 Å². The Morgan fingerprint density at radius 3 is 2.00 bits per heavy atom. The van der Waals surface area contributed by atoms with Crippen molar-refractivity contribution in [3.63, 3.8) is 0 Å². The van der Waals surface area contributed by atoms with E-state index in [1.54, 1.807) is 20.8 Å². The molecule has 120 valence electrons.